The number of hydrogen-bond donors (Lipinski definition) is 2. The van der Waals surface area contributed by atoms with Crippen LogP contribution in [0.1, 0.15) is 58.0 Å². The molecule has 0 saturated carbocycles. The Bertz CT molecular complexity index is 803. The molecule has 136 valence electrons. The molecule has 2 rings (SSSR count). The van der Waals surface area contributed by atoms with Gasteiger partial charge in [-0.1, -0.05) is 13.3 Å². The minimum atomic E-state index is -0.517. The number of nitrogens with one attached hydrogen (secondary N) is 2. The van der Waals surface area contributed by atoms with E-state index in [9.17, 15) is 9.59 Å². The second kappa shape index (κ2) is 9.74. The molecular formula is C21H20N4O2. The number of carbonyl (C=O) groups excluding carboxylic acids is 2. The number of unbranched alkanes of at least 4 members (excludes halogenated alkanes) is 1. The van der Waals surface area contributed by atoms with Gasteiger partial charge in [0.05, 0.1) is 23.3 Å². The van der Waals surface area contributed by atoms with Crippen molar-refractivity contribution in [2.45, 2.75) is 32.4 Å². The van der Waals surface area contributed by atoms with Crippen molar-refractivity contribution in [2.24, 2.45) is 0 Å². The van der Waals surface area contributed by atoms with Gasteiger partial charge in [-0.2, -0.15) is 10.5 Å². The summed E-state index contributed by atoms with van der Waals surface area (Å²) in [6.45, 7) is 2.03. The second-order valence-electron chi connectivity index (χ2n) is 6.02. The van der Waals surface area contributed by atoms with E-state index in [4.69, 9.17) is 10.5 Å². The Balaban J connectivity index is 2.06. The first kappa shape index (κ1) is 19.7. The number of amides is 2. The Morgan fingerprint density at radius 3 is 1.59 bits per heavy atom. The molecule has 0 aliphatic heterocycles. The van der Waals surface area contributed by atoms with E-state index in [0.717, 1.165) is 12.8 Å². The number of carbonyl (C=O) groups is 2. The first-order valence-corrected chi connectivity index (χ1v) is 8.69. The SMILES string of the molecule is CCCCC(NC(=O)c1ccc(C#N)cc1)NC(=O)c1ccc(C#N)cc1. The molecule has 0 radical (unpaired) electrons. The van der Waals surface area contributed by atoms with Crippen molar-refractivity contribution in [3.8, 4) is 12.1 Å². The largest absolute Gasteiger partial charge is 0.332 e. The zero-order valence-electron chi connectivity index (χ0n) is 15.0. The number of benzene rings is 2. The molecule has 27 heavy (non-hydrogen) atoms. The highest BCUT2D eigenvalue weighted by Gasteiger charge is 2.17. The summed E-state index contributed by atoms with van der Waals surface area (Å²) in [5.41, 5.74) is 1.79. The third kappa shape index (κ3) is 5.69. The van der Waals surface area contributed by atoms with E-state index < -0.39 is 6.17 Å². The zero-order chi connectivity index (χ0) is 19.6. The summed E-state index contributed by atoms with van der Waals surface area (Å²) in [6, 6.07) is 16.6. The molecular weight excluding hydrogens is 340 g/mol. The van der Waals surface area contributed by atoms with Crippen molar-refractivity contribution in [3.05, 3.63) is 70.8 Å². The standard InChI is InChI=1S/C21H20N4O2/c1-2-3-4-19(24-20(26)17-9-5-15(13-22)6-10-17)25-21(27)18-11-7-16(14-23)8-12-18/h5-12,19H,2-4H2,1H3,(H,24,26)(H,25,27). The summed E-state index contributed by atoms with van der Waals surface area (Å²) in [5, 5.41) is 23.3. The summed E-state index contributed by atoms with van der Waals surface area (Å²) in [5.74, 6) is -0.638. The van der Waals surface area contributed by atoms with Crippen LogP contribution in [0.4, 0.5) is 0 Å². The van der Waals surface area contributed by atoms with Gasteiger partial charge in [0.25, 0.3) is 11.8 Å². The average Bonchev–Trinajstić information content (AvgIpc) is 2.71. The van der Waals surface area contributed by atoms with Crippen LogP contribution in [0.5, 0.6) is 0 Å². The Kier molecular flexibility index (Phi) is 7.10. The fourth-order valence-corrected chi connectivity index (χ4v) is 2.46. The molecule has 2 aromatic carbocycles. The van der Waals surface area contributed by atoms with Crippen molar-refractivity contribution in [1.29, 1.82) is 10.5 Å². The van der Waals surface area contributed by atoms with Crippen LogP contribution in [0.3, 0.4) is 0 Å². The molecule has 0 bridgehead atoms. The normalized spacial score (nSPS) is 9.93. The van der Waals surface area contributed by atoms with Crippen molar-refractivity contribution in [1.82, 2.24) is 10.6 Å². The molecule has 2 amide bonds. The lowest BCUT2D eigenvalue weighted by molar-refractivity contribution is 0.0879. The van der Waals surface area contributed by atoms with Crippen molar-refractivity contribution < 1.29 is 9.59 Å². The highest BCUT2D eigenvalue weighted by atomic mass is 16.2. The molecule has 6 heteroatoms. The molecule has 2 N–H and O–H groups in total. The molecule has 0 saturated heterocycles. The molecule has 2 aromatic rings. The van der Waals surface area contributed by atoms with Gasteiger partial charge in [0.2, 0.25) is 0 Å². The average molecular weight is 360 g/mol. The number of hydrogen-bond acceptors (Lipinski definition) is 4. The fourth-order valence-electron chi connectivity index (χ4n) is 2.46. The van der Waals surface area contributed by atoms with Crippen LogP contribution < -0.4 is 10.6 Å². The Labute approximate surface area is 158 Å². The number of nitriles is 2. The van der Waals surface area contributed by atoms with Crippen LogP contribution in [-0.4, -0.2) is 18.0 Å². The molecule has 0 heterocycles. The van der Waals surface area contributed by atoms with Crippen molar-refractivity contribution in [3.63, 3.8) is 0 Å². The number of rotatable bonds is 7. The van der Waals surface area contributed by atoms with E-state index in [0.29, 0.717) is 28.7 Å². The smallest absolute Gasteiger partial charge is 0.252 e. The highest BCUT2D eigenvalue weighted by Crippen LogP contribution is 2.07. The summed E-state index contributed by atoms with van der Waals surface area (Å²) in [6.07, 6.45) is 1.85. The highest BCUT2D eigenvalue weighted by molar-refractivity contribution is 5.96. The van der Waals surface area contributed by atoms with Crippen LogP contribution in [0.25, 0.3) is 0 Å². The van der Waals surface area contributed by atoms with Gasteiger partial charge < -0.3 is 10.6 Å². The van der Waals surface area contributed by atoms with E-state index in [2.05, 4.69) is 10.6 Å². The zero-order valence-corrected chi connectivity index (χ0v) is 15.0. The van der Waals surface area contributed by atoms with Crippen molar-refractivity contribution >= 4 is 11.8 Å². The van der Waals surface area contributed by atoms with E-state index >= 15 is 0 Å². The molecule has 0 unspecified atom stereocenters. The first-order valence-electron chi connectivity index (χ1n) is 8.69. The summed E-state index contributed by atoms with van der Waals surface area (Å²) >= 11 is 0. The molecule has 0 atom stereocenters. The molecule has 6 nitrogen and oxygen atoms in total. The maximum Gasteiger partial charge on any atom is 0.252 e. The van der Waals surface area contributed by atoms with Gasteiger partial charge in [-0.05, 0) is 61.4 Å². The van der Waals surface area contributed by atoms with Crippen LogP contribution >= 0.6 is 0 Å². The Morgan fingerprint density at radius 1 is 0.852 bits per heavy atom. The summed E-state index contributed by atoms with van der Waals surface area (Å²) in [7, 11) is 0. The maximum absolute atomic E-state index is 12.4. The van der Waals surface area contributed by atoms with Gasteiger partial charge in [0.1, 0.15) is 6.17 Å². The van der Waals surface area contributed by atoms with E-state index in [-0.39, 0.29) is 11.8 Å². The topological polar surface area (TPSA) is 106 Å². The van der Waals surface area contributed by atoms with Crippen LogP contribution in [0.15, 0.2) is 48.5 Å². The molecule has 0 spiro atoms. The molecule has 0 aliphatic rings. The van der Waals surface area contributed by atoms with Gasteiger partial charge in [0, 0.05) is 11.1 Å². The van der Waals surface area contributed by atoms with Gasteiger partial charge in [-0.15, -0.1) is 0 Å². The Morgan fingerprint density at radius 2 is 1.26 bits per heavy atom. The van der Waals surface area contributed by atoms with E-state index in [1.54, 1.807) is 48.5 Å². The van der Waals surface area contributed by atoms with Crippen LogP contribution in [-0.2, 0) is 0 Å². The molecule has 0 aliphatic carbocycles. The summed E-state index contributed by atoms with van der Waals surface area (Å²) in [4.78, 5) is 24.9. The van der Waals surface area contributed by atoms with Crippen LogP contribution in [0, 0.1) is 22.7 Å². The minimum absolute atomic E-state index is 0.319. The van der Waals surface area contributed by atoms with Crippen LogP contribution in [0.2, 0.25) is 0 Å². The predicted molar refractivity (Wildman–Crippen MR) is 101 cm³/mol. The third-order valence-electron chi connectivity index (χ3n) is 4.01. The summed E-state index contributed by atoms with van der Waals surface area (Å²) < 4.78 is 0. The number of nitrogens with zero attached hydrogens (tertiary/aromatic N) is 2. The fraction of sp³-hybridized carbons (Fsp3) is 0.238. The van der Waals surface area contributed by atoms with E-state index in [1.807, 2.05) is 19.1 Å². The van der Waals surface area contributed by atoms with Gasteiger partial charge in [-0.25, -0.2) is 0 Å². The Hall–Kier alpha value is -3.64. The van der Waals surface area contributed by atoms with Gasteiger partial charge >= 0.3 is 0 Å². The van der Waals surface area contributed by atoms with Gasteiger partial charge in [-0.3, -0.25) is 9.59 Å². The van der Waals surface area contributed by atoms with Gasteiger partial charge in [0.15, 0.2) is 0 Å². The molecule has 0 aromatic heterocycles. The second-order valence-corrected chi connectivity index (χ2v) is 6.02. The van der Waals surface area contributed by atoms with Crippen molar-refractivity contribution in [2.75, 3.05) is 0 Å². The molecule has 0 fully saturated rings. The maximum atomic E-state index is 12.4. The lowest BCUT2D eigenvalue weighted by Crippen LogP contribution is -2.48. The quantitative estimate of drug-likeness (QED) is 0.740. The lowest BCUT2D eigenvalue weighted by Gasteiger charge is -2.20. The monoisotopic (exact) mass is 360 g/mol. The minimum Gasteiger partial charge on any atom is -0.332 e. The predicted octanol–water partition coefficient (Wildman–Crippen LogP) is 3.11. The lowest BCUT2D eigenvalue weighted by atomic mass is 10.1. The third-order valence-corrected chi connectivity index (χ3v) is 4.01. The van der Waals surface area contributed by atoms with E-state index in [1.165, 1.54) is 0 Å². The first-order chi connectivity index (χ1) is 13.1.